The zero-order chi connectivity index (χ0) is 21.0. The molecule has 0 bridgehead atoms. The number of thiol groups is 1. The summed E-state index contributed by atoms with van der Waals surface area (Å²) in [6.07, 6.45) is 1.76. The van der Waals surface area contributed by atoms with Gasteiger partial charge in [-0.15, -0.1) is 0 Å². The number of carbonyl (C=O) groups excluding carboxylic acids is 1. The molecule has 1 atom stereocenters. The van der Waals surface area contributed by atoms with Crippen LogP contribution in [0.25, 0.3) is 0 Å². The quantitative estimate of drug-likeness (QED) is 0.692. The van der Waals surface area contributed by atoms with E-state index >= 15 is 0 Å². The molecule has 0 radical (unpaired) electrons. The van der Waals surface area contributed by atoms with E-state index in [-0.39, 0.29) is 22.6 Å². The standard InChI is InChI=1S/C22H35FN4OS/c1-4-25-11-13-26(14-12-25)16-22(7-9-27(10-8-22)18(3)29)24-21(28)20-15-19(23)6-5-17(20)2/h5-6,15,18,29H,4,7-14,16H2,1-3H3,(H,24,28). The minimum atomic E-state index is -0.371. The Bertz CT molecular complexity index is 698. The van der Waals surface area contributed by atoms with E-state index in [0.717, 1.165) is 70.8 Å². The number of hydrogen-bond acceptors (Lipinski definition) is 5. The van der Waals surface area contributed by atoms with Crippen molar-refractivity contribution in [3.8, 4) is 0 Å². The fraction of sp³-hybridized carbons (Fsp3) is 0.682. The van der Waals surface area contributed by atoms with E-state index in [4.69, 9.17) is 0 Å². The van der Waals surface area contributed by atoms with Gasteiger partial charge in [-0.25, -0.2) is 4.39 Å². The number of likely N-dealkylation sites (N-methyl/N-ethyl adjacent to an activating group) is 1. The zero-order valence-electron chi connectivity index (χ0n) is 18.0. The van der Waals surface area contributed by atoms with E-state index in [0.29, 0.717) is 5.56 Å². The lowest BCUT2D eigenvalue weighted by molar-refractivity contribution is 0.0553. The average molecular weight is 423 g/mol. The molecule has 2 fully saturated rings. The van der Waals surface area contributed by atoms with Gasteiger partial charge < -0.3 is 10.2 Å². The van der Waals surface area contributed by atoms with Gasteiger partial charge in [0.15, 0.2) is 0 Å². The third-order valence-corrected chi connectivity index (χ3v) is 6.87. The number of aryl methyl sites for hydroxylation is 1. The van der Waals surface area contributed by atoms with E-state index in [1.165, 1.54) is 12.1 Å². The van der Waals surface area contributed by atoms with Crippen LogP contribution in [0.5, 0.6) is 0 Å². The molecule has 0 aliphatic carbocycles. The second-order valence-corrected chi connectivity index (χ2v) is 9.32. The van der Waals surface area contributed by atoms with Crippen LogP contribution in [0.3, 0.4) is 0 Å². The SMILES string of the molecule is CCN1CCN(CC2(NC(=O)c3cc(F)ccc3C)CCN(C(C)S)CC2)CC1. The van der Waals surface area contributed by atoms with Crippen LogP contribution in [0.1, 0.15) is 42.6 Å². The summed E-state index contributed by atoms with van der Waals surface area (Å²) in [6, 6.07) is 4.43. The molecule has 162 valence electrons. The van der Waals surface area contributed by atoms with Crippen molar-refractivity contribution in [1.82, 2.24) is 20.0 Å². The maximum atomic E-state index is 13.8. The molecule has 0 aromatic heterocycles. The fourth-order valence-corrected chi connectivity index (χ4v) is 4.72. The number of likely N-dealkylation sites (tertiary alicyclic amines) is 1. The Balaban J connectivity index is 1.74. The second-order valence-electron chi connectivity index (χ2n) is 8.57. The minimum Gasteiger partial charge on any atom is -0.345 e. The number of piperazine rings is 1. The van der Waals surface area contributed by atoms with Crippen LogP contribution in [0.15, 0.2) is 18.2 Å². The number of carbonyl (C=O) groups is 1. The molecule has 29 heavy (non-hydrogen) atoms. The van der Waals surface area contributed by atoms with Gasteiger partial charge in [0.1, 0.15) is 5.82 Å². The molecule has 1 aromatic carbocycles. The van der Waals surface area contributed by atoms with E-state index in [9.17, 15) is 9.18 Å². The van der Waals surface area contributed by atoms with Crippen LogP contribution in [-0.4, -0.2) is 83.9 Å². The van der Waals surface area contributed by atoms with Gasteiger partial charge in [-0.3, -0.25) is 14.6 Å². The molecule has 2 saturated heterocycles. The van der Waals surface area contributed by atoms with Crippen LogP contribution in [-0.2, 0) is 0 Å². The van der Waals surface area contributed by atoms with Crippen molar-refractivity contribution in [2.75, 3.05) is 52.4 Å². The summed E-state index contributed by atoms with van der Waals surface area (Å²) in [7, 11) is 0. The first-order valence-corrected chi connectivity index (χ1v) is 11.3. The van der Waals surface area contributed by atoms with Crippen molar-refractivity contribution in [2.24, 2.45) is 0 Å². The van der Waals surface area contributed by atoms with E-state index in [1.807, 2.05) is 6.92 Å². The van der Waals surface area contributed by atoms with Gasteiger partial charge in [0, 0.05) is 56.8 Å². The van der Waals surface area contributed by atoms with Crippen molar-refractivity contribution in [3.63, 3.8) is 0 Å². The zero-order valence-corrected chi connectivity index (χ0v) is 18.8. The van der Waals surface area contributed by atoms with Crippen molar-refractivity contribution in [2.45, 2.75) is 44.5 Å². The summed E-state index contributed by atoms with van der Waals surface area (Å²) in [5.41, 5.74) is 0.950. The number of hydrogen-bond donors (Lipinski definition) is 2. The van der Waals surface area contributed by atoms with Crippen LogP contribution < -0.4 is 5.32 Å². The van der Waals surface area contributed by atoms with Gasteiger partial charge in [0.05, 0.1) is 5.54 Å². The van der Waals surface area contributed by atoms with E-state index in [2.05, 4.69) is 46.5 Å². The second kappa shape index (κ2) is 9.77. The maximum absolute atomic E-state index is 13.8. The Morgan fingerprint density at radius 1 is 1.17 bits per heavy atom. The largest absolute Gasteiger partial charge is 0.345 e. The predicted octanol–water partition coefficient (Wildman–Crippen LogP) is 2.61. The molecule has 1 N–H and O–H groups in total. The molecule has 1 unspecified atom stereocenters. The Morgan fingerprint density at radius 3 is 2.38 bits per heavy atom. The molecule has 1 aromatic rings. The van der Waals surface area contributed by atoms with Crippen molar-refractivity contribution in [3.05, 3.63) is 35.1 Å². The average Bonchev–Trinajstić information content (AvgIpc) is 2.70. The summed E-state index contributed by atoms with van der Waals surface area (Å²) in [5, 5.41) is 3.55. The molecular formula is C22H35FN4OS. The summed E-state index contributed by atoms with van der Waals surface area (Å²) >= 11 is 4.58. The highest BCUT2D eigenvalue weighted by molar-refractivity contribution is 7.80. The highest BCUT2D eigenvalue weighted by Crippen LogP contribution is 2.27. The topological polar surface area (TPSA) is 38.8 Å². The fourth-order valence-electron chi connectivity index (χ4n) is 4.49. The highest BCUT2D eigenvalue weighted by atomic mass is 32.1. The van der Waals surface area contributed by atoms with Crippen molar-refractivity contribution >= 4 is 18.5 Å². The van der Waals surface area contributed by atoms with Gasteiger partial charge in [0.25, 0.3) is 5.91 Å². The number of benzene rings is 1. The smallest absolute Gasteiger partial charge is 0.252 e. The molecule has 0 spiro atoms. The first kappa shape index (κ1) is 22.5. The monoisotopic (exact) mass is 422 g/mol. The van der Waals surface area contributed by atoms with Crippen LogP contribution in [0.2, 0.25) is 0 Å². The van der Waals surface area contributed by atoms with Gasteiger partial charge in [0.2, 0.25) is 0 Å². The van der Waals surface area contributed by atoms with E-state index in [1.54, 1.807) is 6.07 Å². The van der Waals surface area contributed by atoms with Crippen molar-refractivity contribution in [1.29, 1.82) is 0 Å². The lowest BCUT2D eigenvalue weighted by Crippen LogP contribution is -2.62. The molecule has 2 heterocycles. The van der Waals surface area contributed by atoms with Crippen LogP contribution >= 0.6 is 12.6 Å². The number of halogens is 1. The summed E-state index contributed by atoms with van der Waals surface area (Å²) < 4.78 is 13.8. The molecule has 2 aliphatic rings. The van der Waals surface area contributed by atoms with Crippen molar-refractivity contribution < 1.29 is 9.18 Å². The number of piperidine rings is 1. The third kappa shape index (κ3) is 5.72. The normalized spacial score (nSPS) is 22.4. The molecule has 3 rings (SSSR count). The van der Waals surface area contributed by atoms with Crippen LogP contribution in [0.4, 0.5) is 4.39 Å². The summed E-state index contributed by atoms with van der Waals surface area (Å²) in [6.45, 7) is 14.1. The Labute approximate surface area is 180 Å². The molecule has 0 saturated carbocycles. The molecule has 5 nitrogen and oxygen atoms in total. The Morgan fingerprint density at radius 2 is 1.79 bits per heavy atom. The van der Waals surface area contributed by atoms with Gasteiger partial charge in [-0.1, -0.05) is 13.0 Å². The Hall–Kier alpha value is -1.15. The first-order chi connectivity index (χ1) is 13.8. The summed E-state index contributed by atoms with van der Waals surface area (Å²) in [4.78, 5) is 20.4. The number of nitrogens with zero attached hydrogens (tertiary/aromatic N) is 3. The number of rotatable bonds is 6. The Kier molecular flexibility index (Phi) is 7.59. The molecule has 2 aliphatic heterocycles. The lowest BCUT2D eigenvalue weighted by Gasteiger charge is -2.47. The molecule has 1 amide bonds. The third-order valence-electron chi connectivity index (χ3n) is 6.54. The van der Waals surface area contributed by atoms with Gasteiger partial charge in [-0.05, 0) is 50.9 Å². The number of nitrogens with one attached hydrogen (secondary N) is 1. The molecular weight excluding hydrogens is 387 g/mol. The van der Waals surface area contributed by atoms with E-state index < -0.39 is 0 Å². The minimum absolute atomic E-state index is 0.165. The first-order valence-electron chi connectivity index (χ1n) is 10.8. The molecule has 7 heteroatoms. The lowest BCUT2D eigenvalue weighted by atomic mass is 9.85. The van der Waals surface area contributed by atoms with Gasteiger partial charge >= 0.3 is 0 Å². The van der Waals surface area contributed by atoms with Crippen LogP contribution in [0, 0.1) is 12.7 Å². The number of amides is 1. The summed E-state index contributed by atoms with van der Waals surface area (Å²) in [5.74, 6) is -0.536. The highest BCUT2D eigenvalue weighted by Gasteiger charge is 2.39. The maximum Gasteiger partial charge on any atom is 0.252 e. The van der Waals surface area contributed by atoms with Gasteiger partial charge in [-0.2, -0.15) is 12.6 Å². The predicted molar refractivity (Wildman–Crippen MR) is 119 cm³/mol.